The van der Waals surface area contributed by atoms with Gasteiger partial charge in [-0.2, -0.15) is 0 Å². The number of aliphatic hydroxyl groups excluding tert-OH is 1. The number of aliphatic carboxylic acids is 1. The van der Waals surface area contributed by atoms with Crippen molar-refractivity contribution in [2.45, 2.75) is 57.1 Å². The van der Waals surface area contributed by atoms with E-state index < -0.39 is 23.0 Å². The second kappa shape index (κ2) is 8.69. The van der Waals surface area contributed by atoms with Crippen LogP contribution in [0.1, 0.15) is 51.0 Å². The van der Waals surface area contributed by atoms with Crippen LogP contribution in [0.4, 0.5) is 0 Å². The van der Waals surface area contributed by atoms with Gasteiger partial charge in [0.1, 0.15) is 0 Å². The Morgan fingerprint density at radius 2 is 1.94 bits per heavy atom. The third kappa shape index (κ3) is 4.02. The van der Waals surface area contributed by atoms with Gasteiger partial charge in [0.25, 0.3) is 0 Å². The van der Waals surface area contributed by atoms with Crippen molar-refractivity contribution in [2.75, 3.05) is 6.54 Å². The number of carbonyl (C=O) groups excluding carboxylic acids is 1. The minimum absolute atomic E-state index is 0.169. The molecule has 1 amide bonds. The maximum Gasteiger partial charge on any atom is 0.304 e. The Morgan fingerprint density at radius 3 is 2.59 bits per heavy atom. The van der Waals surface area contributed by atoms with E-state index in [2.05, 4.69) is 0 Å². The van der Waals surface area contributed by atoms with Crippen LogP contribution < -0.4 is 0 Å². The van der Waals surface area contributed by atoms with Crippen LogP contribution in [0.15, 0.2) is 42.5 Å². The number of carboxylic acids is 1. The average molecular weight is 476 g/mol. The number of likely N-dealkylation sites (tertiary alicyclic amines) is 1. The molecule has 2 N–H and O–H groups in total. The molecule has 7 heteroatoms. The first kappa shape index (κ1) is 23.1. The van der Waals surface area contributed by atoms with E-state index in [-0.39, 0.29) is 12.3 Å². The van der Waals surface area contributed by atoms with Gasteiger partial charge in [-0.3, -0.25) is 9.59 Å². The lowest BCUT2D eigenvalue weighted by atomic mass is 9.73. The molecule has 1 aliphatic carbocycles. The molecule has 3 unspecified atom stereocenters. The molecule has 1 heterocycles. The minimum atomic E-state index is -0.981. The summed E-state index contributed by atoms with van der Waals surface area (Å²) in [5.74, 6) is -1.15. The molecule has 1 aliphatic heterocycles. The molecule has 1 saturated carbocycles. The monoisotopic (exact) mass is 475 g/mol. The SMILES string of the molecule is CC1(CC(=O)O)CCCN(C2(c3cccc(Cl)c3-c3cccc(Cl)c3)CCC(O)C2)C1=O. The Bertz CT molecular complexity index is 1060. The van der Waals surface area contributed by atoms with Crippen LogP contribution in [0.25, 0.3) is 11.1 Å². The number of piperidine rings is 1. The number of halogens is 2. The Kier molecular flexibility index (Phi) is 6.27. The summed E-state index contributed by atoms with van der Waals surface area (Å²) in [4.78, 5) is 27.1. The predicted molar refractivity (Wildman–Crippen MR) is 125 cm³/mol. The molecule has 2 aromatic rings. The van der Waals surface area contributed by atoms with E-state index in [0.29, 0.717) is 48.7 Å². The molecule has 2 aliphatic rings. The third-order valence-corrected chi connectivity index (χ3v) is 7.57. The van der Waals surface area contributed by atoms with E-state index >= 15 is 0 Å². The summed E-state index contributed by atoms with van der Waals surface area (Å²) in [7, 11) is 0. The van der Waals surface area contributed by atoms with Gasteiger partial charge < -0.3 is 15.1 Å². The summed E-state index contributed by atoms with van der Waals surface area (Å²) in [5.41, 5.74) is 0.774. The zero-order valence-corrected chi connectivity index (χ0v) is 19.5. The number of carbonyl (C=O) groups is 2. The second-order valence-electron chi connectivity index (χ2n) is 9.29. The van der Waals surface area contributed by atoms with Gasteiger partial charge >= 0.3 is 5.97 Å². The fraction of sp³-hybridized carbons (Fsp3) is 0.440. The van der Waals surface area contributed by atoms with Crippen molar-refractivity contribution in [3.63, 3.8) is 0 Å². The summed E-state index contributed by atoms with van der Waals surface area (Å²) in [5, 5.41) is 21.2. The zero-order valence-electron chi connectivity index (χ0n) is 18.0. The van der Waals surface area contributed by atoms with Gasteiger partial charge in [-0.25, -0.2) is 0 Å². The molecular weight excluding hydrogens is 449 g/mol. The number of benzene rings is 2. The van der Waals surface area contributed by atoms with E-state index in [1.165, 1.54) is 0 Å². The molecule has 2 fully saturated rings. The maximum absolute atomic E-state index is 13.8. The first-order chi connectivity index (χ1) is 15.2. The summed E-state index contributed by atoms with van der Waals surface area (Å²) in [6.07, 6.45) is 2.00. The number of hydrogen-bond acceptors (Lipinski definition) is 3. The van der Waals surface area contributed by atoms with Crippen molar-refractivity contribution in [2.24, 2.45) is 5.41 Å². The van der Waals surface area contributed by atoms with Crippen LogP contribution >= 0.6 is 23.2 Å². The normalized spacial score (nSPS) is 28.2. The second-order valence-corrected chi connectivity index (χ2v) is 10.1. The number of hydrogen-bond donors (Lipinski definition) is 2. The fourth-order valence-electron chi connectivity index (χ4n) is 5.55. The number of rotatable bonds is 5. The molecule has 0 bridgehead atoms. The molecular formula is C25H27Cl2NO4. The standard InChI is InChI=1S/C25H27Cl2NO4/c1-24(15-21(30)31)10-4-12-28(23(24)32)25(11-9-18(29)14-25)19-7-3-8-20(27)22(19)16-5-2-6-17(26)13-16/h2-3,5-8,13,18,29H,4,9-12,14-15H2,1H3,(H,30,31). The van der Waals surface area contributed by atoms with Crippen molar-refractivity contribution in [1.29, 1.82) is 0 Å². The van der Waals surface area contributed by atoms with E-state index in [9.17, 15) is 19.8 Å². The lowest BCUT2D eigenvalue weighted by Gasteiger charge is -2.49. The van der Waals surface area contributed by atoms with Gasteiger partial charge in [-0.05, 0) is 55.0 Å². The first-order valence-electron chi connectivity index (χ1n) is 10.9. The number of amides is 1. The summed E-state index contributed by atoms with van der Waals surface area (Å²) in [6, 6.07) is 13.1. The van der Waals surface area contributed by atoms with Crippen LogP contribution in [0.2, 0.25) is 10.0 Å². The van der Waals surface area contributed by atoms with Crippen LogP contribution in [0, 0.1) is 5.41 Å². The number of carboxylic acid groups (broad SMARTS) is 1. The van der Waals surface area contributed by atoms with Gasteiger partial charge in [0, 0.05) is 28.6 Å². The fourth-order valence-corrected chi connectivity index (χ4v) is 6.03. The zero-order chi connectivity index (χ0) is 23.1. The van der Waals surface area contributed by atoms with Crippen LogP contribution in [0.5, 0.6) is 0 Å². The number of nitrogens with zero attached hydrogens (tertiary/aromatic N) is 1. The lowest BCUT2D eigenvalue weighted by Crippen LogP contribution is -2.57. The molecule has 2 aromatic carbocycles. The van der Waals surface area contributed by atoms with Gasteiger partial charge in [-0.15, -0.1) is 0 Å². The summed E-state index contributed by atoms with van der Waals surface area (Å²) < 4.78 is 0. The van der Waals surface area contributed by atoms with Gasteiger partial charge in [0.15, 0.2) is 0 Å². The third-order valence-electron chi connectivity index (χ3n) is 7.02. The van der Waals surface area contributed by atoms with Gasteiger partial charge in [-0.1, -0.05) is 54.4 Å². The van der Waals surface area contributed by atoms with E-state index in [1.54, 1.807) is 13.0 Å². The Labute approximate surface area is 197 Å². The smallest absolute Gasteiger partial charge is 0.304 e. The van der Waals surface area contributed by atoms with E-state index in [1.807, 2.05) is 41.3 Å². The van der Waals surface area contributed by atoms with Crippen LogP contribution in [0.3, 0.4) is 0 Å². The minimum Gasteiger partial charge on any atom is -0.481 e. The molecule has 0 radical (unpaired) electrons. The average Bonchev–Trinajstić information content (AvgIpc) is 3.12. The highest BCUT2D eigenvalue weighted by Gasteiger charge is 2.53. The van der Waals surface area contributed by atoms with Gasteiger partial charge in [0.2, 0.25) is 5.91 Å². The molecule has 0 spiro atoms. The van der Waals surface area contributed by atoms with E-state index in [0.717, 1.165) is 16.7 Å². The maximum atomic E-state index is 13.8. The summed E-state index contributed by atoms with van der Waals surface area (Å²) >= 11 is 13.0. The van der Waals surface area contributed by atoms with Crippen LogP contribution in [-0.4, -0.2) is 39.6 Å². The molecule has 4 rings (SSSR count). The largest absolute Gasteiger partial charge is 0.481 e. The highest BCUT2D eigenvalue weighted by atomic mass is 35.5. The van der Waals surface area contributed by atoms with E-state index in [4.69, 9.17) is 23.2 Å². The predicted octanol–water partition coefficient (Wildman–Crippen LogP) is 5.50. The Hall–Kier alpha value is -2.08. The lowest BCUT2D eigenvalue weighted by molar-refractivity contribution is -0.159. The Balaban J connectivity index is 1.89. The molecule has 0 aromatic heterocycles. The van der Waals surface area contributed by atoms with Crippen molar-refractivity contribution < 1.29 is 19.8 Å². The summed E-state index contributed by atoms with van der Waals surface area (Å²) in [6.45, 7) is 2.26. The number of aliphatic hydroxyl groups is 1. The molecule has 170 valence electrons. The molecule has 3 atom stereocenters. The van der Waals surface area contributed by atoms with Crippen molar-refractivity contribution in [3.05, 3.63) is 58.1 Å². The quantitative estimate of drug-likeness (QED) is 0.597. The van der Waals surface area contributed by atoms with Crippen molar-refractivity contribution in [1.82, 2.24) is 4.90 Å². The Morgan fingerprint density at radius 1 is 1.19 bits per heavy atom. The van der Waals surface area contributed by atoms with Crippen LogP contribution in [-0.2, 0) is 15.1 Å². The topological polar surface area (TPSA) is 77.8 Å². The van der Waals surface area contributed by atoms with Crippen molar-refractivity contribution >= 4 is 35.1 Å². The highest BCUT2D eigenvalue weighted by molar-refractivity contribution is 6.34. The first-order valence-corrected chi connectivity index (χ1v) is 11.7. The molecule has 1 saturated heterocycles. The molecule has 32 heavy (non-hydrogen) atoms. The molecule has 5 nitrogen and oxygen atoms in total. The highest BCUT2D eigenvalue weighted by Crippen LogP contribution is 2.52. The van der Waals surface area contributed by atoms with Gasteiger partial charge in [0.05, 0.1) is 23.5 Å². The van der Waals surface area contributed by atoms with Crippen molar-refractivity contribution in [3.8, 4) is 11.1 Å².